The van der Waals surface area contributed by atoms with Crippen molar-refractivity contribution in [2.45, 2.75) is 66.2 Å². The Labute approximate surface area is 183 Å². The number of benzene rings is 2. The Bertz CT molecular complexity index is 996. The summed E-state index contributed by atoms with van der Waals surface area (Å²) in [7, 11) is -2.73. The van der Waals surface area contributed by atoms with Gasteiger partial charge in [0.05, 0.1) is 6.61 Å². The molecule has 3 heteroatoms. The van der Waals surface area contributed by atoms with Gasteiger partial charge >= 0.3 is 0 Å². The molecule has 0 saturated heterocycles. The van der Waals surface area contributed by atoms with E-state index in [2.05, 4.69) is 65.8 Å². The van der Waals surface area contributed by atoms with E-state index in [0.29, 0.717) is 18.7 Å². The van der Waals surface area contributed by atoms with E-state index in [1.807, 2.05) is 38.1 Å². The highest BCUT2D eigenvalue weighted by Gasteiger charge is 2.48. The first kappa shape index (κ1) is 23.0. The number of hydrogen-bond donors (Lipinski definition) is 0. The Morgan fingerprint density at radius 3 is 2.17 bits per heavy atom. The van der Waals surface area contributed by atoms with E-state index in [4.69, 9.17) is 4.52 Å². The van der Waals surface area contributed by atoms with Gasteiger partial charge in [-0.3, -0.25) is 4.57 Å². The molecule has 1 aliphatic rings. The molecule has 0 N–H and O–H groups in total. The van der Waals surface area contributed by atoms with Gasteiger partial charge in [-0.1, -0.05) is 78.0 Å². The first-order chi connectivity index (χ1) is 14.0. The molecule has 0 amide bonds. The van der Waals surface area contributed by atoms with E-state index < -0.39 is 7.37 Å². The van der Waals surface area contributed by atoms with E-state index in [1.165, 1.54) is 22.3 Å². The van der Waals surface area contributed by atoms with Crippen molar-refractivity contribution in [1.29, 1.82) is 0 Å². The summed E-state index contributed by atoms with van der Waals surface area (Å²) in [6.07, 6.45) is 2.73. The van der Waals surface area contributed by atoms with Gasteiger partial charge in [0, 0.05) is 11.5 Å². The molecule has 0 saturated carbocycles. The van der Waals surface area contributed by atoms with E-state index in [-0.39, 0.29) is 10.8 Å². The van der Waals surface area contributed by atoms with Gasteiger partial charge in [0.15, 0.2) is 0 Å². The average Bonchev–Trinajstić information content (AvgIpc) is 2.85. The smallest absolute Gasteiger partial charge is 0.231 e. The summed E-state index contributed by atoms with van der Waals surface area (Å²) in [5.41, 5.74) is 6.93. The summed E-state index contributed by atoms with van der Waals surface area (Å²) in [6.45, 7) is 18.3. The van der Waals surface area contributed by atoms with E-state index >= 15 is 0 Å². The van der Waals surface area contributed by atoms with Gasteiger partial charge in [0.25, 0.3) is 0 Å². The minimum Gasteiger partial charge on any atom is -0.326 e. The second-order valence-corrected chi connectivity index (χ2v) is 12.5. The molecule has 2 unspecified atom stereocenters. The molecule has 2 aromatic carbocycles. The zero-order valence-corrected chi connectivity index (χ0v) is 20.8. The summed E-state index contributed by atoms with van der Waals surface area (Å²) in [5, 5.41) is 0.803. The van der Waals surface area contributed by atoms with E-state index in [9.17, 15) is 4.57 Å². The Kier molecular flexibility index (Phi) is 6.25. The quantitative estimate of drug-likeness (QED) is 0.356. The van der Waals surface area contributed by atoms with Gasteiger partial charge < -0.3 is 4.52 Å². The molecule has 0 heterocycles. The van der Waals surface area contributed by atoms with Gasteiger partial charge in [-0.15, -0.1) is 0 Å². The van der Waals surface area contributed by atoms with Crippen LogP contribution in [0.1, 0.15) is 77.6 Å². The fourth-order valence-electron chi connectivity index (χ4n) is 4.94. The SMILES string of the molecule is CCOP(=O)(CC)c1ccc(/C=C(\C)c2ccc3c(c2)C(C)(C)C(C)C3(C)C)cc1. The third kappa shape index (κ3) is 3.85. The predicted octanol–water partition coefficient (Wildman–Crippen LogP) is 7.41. The first-order valence-electron chi connectivity index (χ1n) is 11.1. The minimum absolute atomic E-state index is 0.164. The Balaban J connectivity index is 1.92. The number of allylic oxidation sites excluding steroid dienone is 1. The fourth-order valence-corrected chi connectivity index (χ4v) is 6.66. The van der Waals surface area contributed by atoms with Crippen molar-refractivity contribution >= 4 is 24.3 Å². The monoisotopic (exact) mass is 424 g/mol. The molecule has 162 valence electrons. The van der Waals surface area contributed by atoms with Crippen LogP contribution in [0.3, 0.4) is 0 Å². The van der Waals surface area contributed by atoms with Crippen molar-refractivity contribution < 1.29 is 9.09 Å². The van der Waals surface area contributed by atoms with Crippen LogP contribution in [0, 0.1) is 5.92 Å². The fraction of sp³-hybridized carbons (Fsp3) is 0.481. The summed E-state index contributed by atoms with van der Waals surface area (Å²) >= 11 is 0. The predicted molar refractivity (Wildman–Crippen MR) is 131 cm³/mol. The van der Waals surface area contributed by atoms with Crippen molar-refractivity contribution in [1.82, 2.24) is 0 Å². The van der Waals surface area contributed by atoms with Crippen LogP contribution >= 0.6 is 7.37 Å². The lowest BCUT2D eigenvalue weighted by molar-refractivity contribution is 0.264. The van der Waals surface area contributed by atoms with Gasteiger partial charge in [0.2, 0.25) is 7.37 Å². The van der Waals surface area contributed by atoms with Gasteiger partial charge in [0.1, 0.15) is 0 Å². The summed E-state index contributed by atoms with van der Waals surface area (Å²) in [5.74, 6) is 0.590. The maximum Gasteiger partial charge on any atom is 0.231 e. The molecule has 2 atom stereocenters. The number of rotatable bonds is 6. The van der Waals surface area contributed by atoms with Crippen LogP contribution in [0.25, 0.3) is 11.6 Å². The molecule has 0 aliphatic heterocycles. The highest BCUT2D eigenvalue weighted by molar-refractivity contribution is 7.66. The summed E-state index contributed by atoms with van der Waals surface area (Å²) in [6, 6.07) is 15.0. The number of hydrogen-bond acceptors (Lipinski definition) is 2. The topological polar surface area (TPSA) is 26.3 Å². The van der Waals surface area contributed by atoms with Crippen LogP contribution in [0.4, 0.5) is 0 Å². The van der Waals surface area contributed by atoms with Crippen molar-refractivity contribution in [2.75, 3.05) is 12.8 Å². The third-order valence-corrected chi connectivity index (χ3v) is 10.0. The average molecular weight is 425 g/mol. The maximum atomic E-state index is 12.9. The van der Waals surface area contributed by atoms with Crippen LogP contribution in [0.15, 0.2) is 42.5 Å². The van der Waals surface area contributed by atoms with Crippen LogP contribution in [0.2, 0.25) is 0 Å². The zero-order chi connectivity index (χ0) is 22.3. The highest BCUT2D eigenvalue weighted by Crippen LogP contribution is 2.54. The van der Waals surface area contributed by atoms with Gasteiger partial charge in [-0.25, -0.2) is 0 Å². The molecule has 3 rings (SSSR count). The summed E-state index contributed by atoms with van der Waals surface area (Å²) < 4.78 is 18.5. The standard InChI is InChI=1S/C27H37O2P/c1-9-29-30(28,10-2)23-14-11-21(12-15-23)17-19(3)22-13-16-24-25(18-22)27(7,8)20(4)26(24,5)6/h11-18,20H,9-10H2,1-8H3/b19-17+. The van der Waals surface area contributed by atoms with Gasteiger partial charge in [-0.05, 0) is 70.6 Å². The lowest BCUT2D eigenvalue weighted by Gasteiger charge is -2.32. The van der Waals surface area contributed by atoms with Crippen molar-refractivity contribution in [3.05, 3.63) is 64.7 Å². The summed E-state index contributed by atoms with van der Waals surface area (Å²) in [4.78, 5) is 0. The van der Waals surface area contributed by atoms with Crippen LogP contribution in [-0.2, 0) is 19.9 Å². The second-order valence-electron chi connectivity index (χ2n) is 9.75. The molecule has 0 spiro atoms. The van der Waals surface area contributed by atoms with Crippen molar-refractivity contribution in [3.8, 4) is 0 Å². The van der Waals surface area contributed by atoms with E-state index in [0.717, 1.165) is 10.9 Å². The number of fused-ring (bicyclic) bond motifs is 1. The molecule has 2 nitrogen and oxygen atoms in total. The van der Waals surface area contributed by atoms with Crippen molar-refractivity contribution in [2.24, 2.45) is 5.92 Å². The lowest BCUT2D eigenvalue weighted by Crippen LogP contribution is -2.30. The molecule has 0 radical (unpaired) electrons. The molecule has 30 heavy (non-hydrogen) atoms. The Hall–Kier alpha value is -1.63. The molecule has 0 fully saturated rings. The first-order valence-corrected chi connectivity index (χ1v) is 13.0. The molecule has 2 aromatic rings. The lowest BCUT2D eigenvalue weighted by atomic mass is 9.71. The largest absolute Gasteiger partial charge is 0.326 e. The zero-order valence-electron chi connectivity index (χ0n) is 19.9. The third-order valence-electron chi connectivity index (χ3n) is 7.45. The maximum absolute atomic E-state index is 12.9. The van der Waals surface area contributed by atoms with Crippen LogP contribution in [0.5, 0.6) is 0 Å². The highest BCUT2D eigenvalue weighted by atomic mass is 31.2. The van der Waals surface area contributed by atoms with Crippen LogP contribution in [-0.4, -0.2) is 12.8 Å². The molecular formula is C27H37O2P. The molecule has 1 aliphatic carbocycles. The molecule has 0 aromatic heterocycles. The van der Waals surface area contributed by atoms with Crippen LogP contribution < -0.4 is 5.30 Å². The molecular weight excluding hydrogens is 387 g/mol. The van der Waals surface area contributed by atoms with Gasteiger partial charge in [-0.2, -0.15) is 0 Å². The molecule has 0 bridgehead atoms. The second kappa shape index (κ2) is 8.13. The Morgan fingerprint density at radius 2 is 1.60 bits per heavy atom. The van der Waals surface area contributed by atoms with Crippen molar-refractivity contribution in [3.63, 3.8) is 0 Å². The van der Waals surface area contributed by atoms with E-state index in [1.54, 1.807) is 0 Å². The normalized spacial score (nSPS) is 21.9. The minimum atomic E-state index is -2.73. The Morgan fingerprint density at radius 1 is 1.00 bits per heavy atom.